The zero-order valence-corrected chi connectivity index (χ0v) is 23.3. The summed E-state index contributed by atoms with van der Waals surface area (Å²) in [4.78, 5) is 62.7. The van der Waals surface area contributed by atoms with Crippen molar-refractivity contribution in [2.75, 3.05) is 50.2 Å². The van der Waals surface area contributed by atoms with E-state index in [1.807, 2.05) is 19.0 Å². The molecular weight excluding hydrogens is 520 g/mol. The topological polar surface area (TPSA) is 167 Å². The normalized spacial score (nSPS) is 10.8. The molecule has 0 aliphatic rings. The molecular formula is C25H34N10O5. The Bertz CT molecular complexity index is 1420. The van der Waals surface area contributed by atoms with Crippen molar-refractivity contribution in [2.45, 2.75) is 6.42 Å². The third kappa shape index (κ3) is 7.35. The first-order chi connectivity index (χ1) is 18.9. The maximum Gasteiger partial charge on any atom is 0.344 e. The van der Waals surface area contributed by atoms with Gasteiger partial charge in [-0.1, -0.05) is 0 Å². The predicted molar refractivity (Wildman–Crippen MR) is 150 cm³/mol. The molecule has 15 nitrogen and oxygen atoms in total. The number of aromatic nitrogens is 3. The molecule has 0 aromatic carbocycles. The van der Waals surface area contributed by atoms with E-state index in [-0.39, 0.29) is 17.3 Å². The fourth-order valence-electron chi connectivity index (χ4n) is 3.90. The first-order valence-corrected chi connectivity index (χ1v) is 12.3. The third-order valence-electron chi connectivity index (χ3n) is 5.96. The first-order valence-electron chi connectivity index (χ1n) is 12.3. The Labute approximate surface area is 231 Å². The highest BCUT2D eigenvalue weighted by Crippen LogP contribution is 2.20. The van der Waals surface area contributed by atoms with E-state index in [4.69, 9.17) is 0 Å². The molecule has 0 aliphatic heterocycles. The molecule has 0 saturated heterocycles. The Morgan fingerprint density at radius 3 is 1.57 bits per heavy atom. The molecule has 214 valence electrons. The van der Waals surface area contributed by atoms with E-state index < -0.39 is 17.8 Å². The molecule has 15 heteroatoms. The van der Waals surface area contributed by atoms with E-state index in [2.05, 4.69) is 26.6 Å². The van der Waals surface area contributed by atoms with Gasteiger partial charge in [0.25, 0.3) is 17.7 Å². The van der Waals surface area contributed by atoms with Gasteiger partial charge in [0.1, 0.15) is 17.1 Å². The van der Waals surface area contributed by atoms with Crippen LogP contribution in [-0.2, 0) is 21.1 Å². The van der Waals surface area contributed by atoms with Crippen molar-refractivity contribution in [3.63, 3.8) is 0 Å². The van der Waals surface area contributed by atoms with E-state index in [0.717, 1.165) is 13.0 Å². The average molecular weight is 555 g/mol. The molecule has 0 saturated carbocycles. The van der Waals surface area contributed by atoms with Crippen LogP contribution in [0.4, 0.5) is 21.9 Å². The second kappa shape index (κ2) is 12.8. The second-order valence-corrected chi connectivity index (χ2v) is 9.53. The number of nitrogens with zero attached hydrogens (tertiary/aromatic N) is 6. The molecule has 0 atom stereocenters. The molecule has 0 bridgehead atoms. The highest BCUT2D eigenvalue weighted by Gasteiger charge is 2.19. The molecule has 5 amide bonds. The second-order valence-electron chi connectivity index (χ2n) is 9.53. The first kappa shape index (κ1) is 29.6. The number of aryl methyl sites for hydroxylation is 3. The minimum atomic E-state index is -0.752. The van der Waals surface area contributed by atoms with Crippen LogP contribution in [0.15, 0.2) is 42.1 Å². The molecule has 0 aliphatic carbocycles. The molecule has 4 N–H and O–H groups in total. The van der Waals surface area contributed by atoms with Gasteiger partial charge < -0.3 is 39.9 Å². The maximum atomic E-state index is 13.0. The Balaban J connectivity index is 1.63. The van der Waals surface area contributed by atoms with Gasteiger partial charge in [0, 0.05) is 53.3 Å². The molecule has 0 spiro atoms. The number of anilines is 3. The van der Waals surface area contributed by atoms with Crippen LogP contribution < -0.4 is 21.3 Å². The summed E-state index contributed by atoms with van der Waals surface area (Å²) < 4.78 is 4.70. The minimum absolute atomic E-state index is 0.226. The standard InChI is InChI=1S/C25H34N10O5/c1-31(2)9-7-8-26-22(36)19-10-16(13-32(19)3)27-23(37)20-11-17(14-33(20)4)28-24(38)21-12-18(15-34(21)5)29-25(39)35(6)30-40/h10-15H,7-9H2,1-6H3,(H,26,36)(H,27,37)(H,28,38)(H,29,39). The van der Waals surface area contributed by atoms with Crippen LogP contribution in [-0.4, -0.2) is 81.6 Å². The van der Waals surface area contributed by atoms with Crippen molar-refractivity contribution in [3.8, 4) is 0 Å². The molecule has 3 rings (SSSR count). The summed E-state index contributed by atoms with van der Waals surface area (Å²) >= 11 is 0. The molecule has 3 aromatic heterocycles. The van der Waals surface area contributed by atoms with Gasteiger partial charge in [0.05, 0.1) is 22.3 Å². The maximum absolute atomic E-state index is 13.0. The summed E-state index contributed by atoms with van der Waals surface area (Å²) in [5.41, 5.74) is 2.03. The zero-order valence-electron chi connectivity index (χ0n) is 23.3. The number of nitrogens with one attached hydrogen (secondary N) is 4. The smallest absolute Gasteiger partial charge is 0.344 e. The van der Waals surface area contributed by atoms with Crippen LogP contribution in [0.1, 0.15) is 37.9 Å². The van der Waals surface area contributed by atoms with Gasteiger partial charge in [-0.2, -0.15) is 5.01 Å². The Morgan fingerprint density at radius 2 is 1.15 bits per heavy atom. The number of hydrogen-bond donors (Lipinski definition) is 4. The number of carbonyl (C=O) groups excluding carboxylic acids is 4. The number of nitroso groups, excluding NO2 is 1. The van der Waals surface area contributed by atoms with Crippen molar-refractivity contribution in [1.29, 1.82) is 0 Å². The highest BCUT2D eigenvalue weighted by molar-refractivity contribution is 6.07. The van der Waals surface area contributed by atoms with Crippen LogP contribution in [0.2, 0.25) is 0 Å². The van der Waals surface area contributed by atoms with Crippen LogP contribution >= 0.6 is 0 Å². The summed E-state index contributed by atoms with van der Waals surface area (Å²) in [5, 5.41) is 13.9. The Hall–Kier alpha value is -4.92. The van der Waals surface area contributed by atoms with Gasteiger partial charge in [0.2, 0.25) is 0 Å². The summed E-state index contributed by atoms with van der Waals surface area (Å²) in [7, 11) is 10.1. The summed E-state index contributed by atoms with van der Waals surface area (Å²) in [6, 6.07) is 3.80. The van der Waals surface area contributed by atoms with Gasteiger partial charge >= 0.3 is 6.03 Å². The fourth-order valence-corrected chi connectivity index (χ4v) is 3.90. The lowest BCUT2D eigenvalue weighted by Gasteiger charge is -2.10. The number of rotatable bonds is 11. The number of hydrogen-bond acceptors (Lipinski definition) is 7. The lowest BCUT2D eigenvalue weighted by atomic mass is 10.3. The van der Waals surface area contributed by atoms with E-state index >= 15 is 0 Å². The van der Waals surface area contributed by atoms with E-state index in [1.165, 1.54) is 29.9 Å². The zero-order chi connectivity index (χ0) is 29.6. The fraction of sp³-hybridized carbons (Fsp3) is 0.360. The lowest BCUT2D eigenvalue weighted by Crippen LogP contribution is -2.28. The third-order valence-corrected chi connectivity index (χ3v) is 5.96. The molecule has 0 unspecified atom stereocenters. The Morgan fingerprint density at radius 1 is 0.725 bits per heavy atom. The summed E-state index contributed by atoms with van der Waals surface area (Å²) in [6.07, 6.45) is 5.55. The SMILES string of the molecule is CN(C)CCCNC(=O)c1cc(NC(=O)c2cc(NC(=O)c3cc(NC(=O)N(C)N=O)cn3C)cn2C)cn1C. The van der Waals surface area contributed by atoms with Crippen LogP contribution in [0, 0.1) is 4.91 Å². The van der Waals surface area contributed by atoms with E-state index in [1.54, 1.807) is 48.7 Å². The van der Waals surface area contributed by atoms with Gasteiger partial charge in [-0.05, 0) is 45.3 Å². The average Bonchev–Trinajstić information content (AvgIpc) is 3.56. The molecule has 0 radical (unpaired) electrons. The summed E-state index contributed by atoms with van der Waals surface area (Å²) in [5.74, 6) is -1.14. The van der Waals surface area contributed by atoms with Crippen molar-refractivity contribution < 1.29 is 19.2 Å². The largest absolute Gasteiger partial charge is 0.351 e. The van der Waals surface area contributed by atoms with Gasteiger partial charge in [-0.25, -0.2) is 4.79 Å². The Kier molecular flexibility index (Phi) is 9.45. The van der Waals surface area contributed by atoms with Crippen LogP contribution in [0.3, 0.4) is 0 Å². The van der Waals surface area contributed by atoms with E-state index in [0.29, 0.717) is 34.3 Å². The molecule has 0 fully saturated rings. The highest BCUT2D eigenvalue weighted by atomic mass is 16.3. The van der Waals surface area contributed by atoms with Crippen LogP contribution in [0.5, 0.6) is 0 Å². The number of carbonyl (C=O) groups is 4. The van der Waals surface area contributed by atoms with Gasteiger partial charge in [-0.3, -0.25) is 14.4 Å². The molecule has 3 aromatic rings. The monoisotopic (exact) mass is 554 g/mol. The molecule has 3 heterocycles. The van der Waals surface area contributed by atoms with Gasteiger partial charge in [-0.15, -0.1) is 4.91 Å². The van der Waals surface area contributed by atoms with Crippen LogP contribution in [0.25, 0.3) is 0 Å². The molecule has 40 heavy (non-hydrogen) atoms. The summed E-state index contributed by atoms with van der Waals surface area (Å²) in [6.45, 7) is 1.39. The van der Waals surface area contributed by atoms with E-state index in [9.17, 15) is 24.1 Å². The quantitative estimate of drug-likeness (QED) is 0.161. The van der Waals surface area contributed by atoms with Crippen molar-refractivity contribution in [3.05, 3.63) is 58.8 Å². The predicted octanol–water partition coefficient (Wildman–Crippen LogP) is 2.03. The van der Waals surface area contributed by atoms with Crippen molar-refractivity contribution in [2.24, 2.45) is 26.4 Å². The minimum Gasteiger partial charge on any atom is -0.351 e. The number of urea groups is 1. The van der Waals surface area contributed by atoms with Crippen molar-refractivity contribution in [1.82, 2.24) is 28.9 Å². The van der Waals surface area contributed by atoms with Crippen molar-refractivity contribution >= 4 is 40.8 Å². The number of amides is 5. The lowest BCUT2D eigenvalue weighted by molar-refractivity contribution is 0.0942. The van der Waals surface area contributed by atoms with Gasteiger partial charge in [0.15, 0.2) is 0 Å².